The third-order valence-electron chi connectivity index (χ3n) is 8.78. The Balaban J connectivity index is 1.78. The summed E-state index contributed by atoms with van der Waals surface area (Å²) < 4.78 is 27.1. The van der Waals surface area contributed by atoms with Crippen molar-refractivity contribution >= 4 is 22.7 Å². The first-order chi connectivity index (χ1) is 18.9. The molecule has 41 heavy (non-hydrogen) atoms. The first kappa shape index (κ1) is 33.4. The molecule has 1 aromatic carbocycles. The van der Waals surface area contributed by atoms with E-state index in [1.54, 1.807) is 6.20 Å². The molecule has 0 radical (unpaired) electrons. The van der Waals surface area contributed by atoms with Gasteiger partial charge in [-0.15, -0.1) is 0 Å². The third-order valence-corrected chi connectivity index (χ3v) is 17.8. The van der Waals surface area contributed by atoms with E-state index in [1.165, 1.54) is 4.57 Å². The molecule has 1 fully saturated rings. The molecule has 228 valence electrons. The van der Waals surface area contributed by atoms with Gasteiger partial charge in [-0.2, -0.15) is 0 Å². The highest BCUT2D eigenvalue weighted by Crippen LogP contribution is 2.42. The van der Waals surface area contributed by atoms with Crippen molar-refractivity contribution in [2.75, 3.05) is 13.2 Å². The van der Waals surface area contributed by atoms with Crippen LogP contribution in [0, 0.1) is 0 Å². The highest BCUT2D eigenvalue weighted by molar-refractivity contribution is 6.74. The summed E-state index contributed by atoms with van der Waals surface area (Å²) in [6, 6.07) is 9.92. The number of hydrogen-bond donors (Lipinski definition) is 1. The predicted molar refractivity (Wildman–Crippen MR) is 170 cm³/mol. The SMILES string of the molecule is CC(C)(C)[Si](C)(C)OC[C@H]1O[C@@H](n2cc(COC/C=C/c3ccccc3)c(=O)[nH]c2=O)C[C@H]1O[Si](C)(C)C(C)(C)C. The summed E-state index contributed by atoms with van der Waals surface area (Å²) >= 11 is 0. The van der Waals surface area contributed by atoms with Gasteiger partial charge >= 0.3 is 5.69 Å². The van der Waals surface area contributed by atoms with E-state index in [-0.39, 0.29) is 28.9 Å². The minimum Gasteiger partial charge on any atom is -0.414 e. The van der Waals surface area contributed by atoms with Gasteiger partial charge in [0.05, 0.1) is 31.5 Å². The van der Waals surface area contributed by atoms with Crippen LogP contribution in [0.5, 0.6) is 0 Å². The largest absolute Gasteiger partial charge is 0.414 e. The number of ether oxygens (including phenoxy) is 2. The molecule has 1 N–H and O–H groups in total. The Hall–Kier alpha value is -2.09. The Morgan fingerprint density at radius 1 is 1.00 bits per heavy atom. The van der Waals surface area contributed by atoms with Crippen LogP contribution in [0.3, 0.4) is 0 Å². The molecular formula is C31H50N2O6Si2. The molecule has 0 spiro atoms. The second-order valence-corrected chi connectivity index (χ2v) is 23.6. The fourth-order valence-electron chi connectivity index (χ4n) is 4.04. The van der Waals surface area contributed by atoms with Gasteiger partial charge in [0, 0.05) is 12.6 Å². The smallest absolute Gasteiger partial charge is 0.330 e. The van der Waals surface area contributed by atoms with Crippen molar-refractivity contribution < 1.29 is 18.3 Å². The molecule has 0 aliphatic carbocycles. The summed E-state index contributed by atoms with van der Waals surface area (Å²) in [5.41, 5.74) is 0.472. The van der Waals surface area contributed by atoms with E-state index in [2.05, 4.69) is 72.7 Å². The van der Waals surface area contributed by atoms with Crippen molar-refractivity contribution in [3.05, 3.63) is 74.6 Å². The fraction of sp³-hybridized carbons (Fsp3) is 0.613. The molecule has 2 aromatic rings. The summed E-state index contributed by atoms with van der Waals surface area (Å²) in [5.74, 6) is 0. The van der Waals surface area contributed by atoms with Gasteiger partial charge in [0.25, 0.3) is 5.56 Å². The van der Waals surface area contributed by atoms with E-state index in [0.717, 1.165) is 5.56 Å². The number of H-pyrrole nitrogens is 1. The fourth-order valence-corrected chi connectivity index (χ4v) is 6.41. The first-order valence-electron chi connectivity index (χ1n) is 14.5. The Morgan fingerprint density at radius 2 is 1.63 bits per heavy atom. The van der Waals surface area contributed by atoms with Gasteiger partial charge in [-0.1, -0.05) is 84.0 Å². The number of benzene rings is 1. The number of nitrogens with zero attached hydrogens (tertiary/aromatic N) is 1. The van der Waals surface area contributed by atoms with Crippen LogP contribution in [0.4, 0.5) is 0 Å². The lowest BCUT2D eigenvalue weighted by Crippen LogP contribution is -2.48. The van der Waals surface area contributed by atoms with Gasteiger partial charge in [-0.3, -0.25) is 14.3 Å². The Bertz CT molecular complexity index is 1290. The number of aromatic amines is 1. The zero-order valence-electron chi connectivity index (χ0n) is 26.6. The monoisotopic (exact) mass is 602 g/mol. The maximum Gasteiger partial charge on any atom is 0.330 e. The van der Waals surface area contributed by atoms with Crippen LogP contribution in [0.2, 0.25) is 36.3 Å². The van der Waals surface area contributed by atoms with Crippen LogP contribution in [-0.4, -0.2) is 51.6 Å². The Morgan fingerprint density at radius 3 is 2.24 bits per heavy atom. The van der Waals surface area contributed by atoms with E-state index in [4.69, 9.17) is 18.3 Å². The highest BCUT2D eigenvalue weighted by atomic mass is 28.4. The van der Waals surface area contributed by atoms with E-state index in [0.29, 0.717) is 25.2 Å². The molecule has 0 bridgehead atoms. The van der Waals surface area contributed by atoms with Crippen LogP contribution in [0.15, 0.2) is 52.2 Å². The van der Waals surface area contributed by atoms with Crippen molar-refractivity contribution in [3.63, 3.8) is 0 Å². The molecule has 10 heteroatoms. The first-order valence-corrected chi connectivity index (χ1v) is 20.3. The molecule has 1 saturated heterocycles. The van der Waals surface area contributed by atoms with Gasteiger partial charge in [0.2, 0.25) is 0 Å². The summed E-state index contributed by atoms with van der Waals surface area (Å²) in [6.45, 7) is 22.9. The van der Waals surface area contributed by atoms with E-state index in [1.807, 2.05) is 42.5 Å². The molecule has 8 nitrogen and oxygen atoms in total. The summed E-state index contributed by atoms with van der Waals surface area (Å²) in [7, 11) is -4.17. The topological polar surface area (TPSA) is 91.8 Å². The highest BCUT2D eigenvalue weighted by Gasteiger charge is 2.46. The van der Waals surface area contributed by atoms with Crippen molar-refractivity contribution in [3.8, 4) is 0 Å². The molecule has 1 aliphatic rings. The second kappa shape index (κ2) is 13.1. The molecule has 0 saturated carbocycles. The quantitative estimate of drug-likeness (QED) is 0.234. The molecule has 0 unspecified atom stereocenters. The molecule has 0 amide bonds. The minimum atomic E-state index is -2.13. The number of hydrogen-bond acceptors (Lipinski definition) is 6. The van der Waals surface area contributed by atoms with Crippen LogP contribution in [0.25, 0.3) is 6.08 Å². The number of nitrogens with one attached hydrogen (secondary N) is 1. The number of aromatic nitrogens is 2. The molecule has 3 atom stereocenters. The molecular weight excluding hydrogens is 553 g/mol. The molecule has 2 heterocycles. The lowest BCUT2D eigenvalue weighted by molar-refractivity contribution is -0.0414. The van der Waals surface area contributed by atoms with Crippen LogP contribution in [-0.2, 0) is 24.9 Å². The summed E-state index contributed by atoms with van der Waals surface area (Å²) in [5, 5.41) is 0.0754. The van der Waals surface area contributed by atoms with Crippen molar-refractivity contribution in [2.45, 2.75) is 109 Å². The van der Waals surface area contributed by atoms with Gasteiger partial charge < -0.3 is 18.3 Å². The average Bonchev–Trinajstić information content (AvgIpc) is 3.24. The summed E-state index contributed by atoms with van der Waals surface area (Å²) in [6.07, 6.45) is 4.77. The standard InChI is InChI=1S/C31H50N2O6Si2/c1-30(2,3)40(7,8)37-22-26-25(39-41(9,10)31(4,5)6)19-27(38-26)33-20-24(28(34)32-29(33)35)21-36-18-14-17-23-15-12-11-13-16-23/h11-17,20,25-27H,18-19,21-22H2,1-10H3,(H,32,34,35)/b17-14+/t25-,26-,27-/m1/s1. The second-order valence-electron chi connectivity index (χ2n) is 14.0. The van der Waals surface area contributed by atoms with E-state index >= 15 is 0 Å². The third kappa shape index (κ3) is 8.71. The average molecular weight is 603 g/mol. The van der Waals surface area contributed by atoms with E-state index in [9.17, 15) is 9.59 Å². The predicted octanol–water partition coefficient (Wildman–Crippen LogP) is 6.47. The maximum atomic E-state index is 12.9. The van der Waals surface area contributed by atoms with Crippen molar-refractivity contribution in [1.82, 2.24) is 9.55 Å². The number of rotatable bonds is 11. The van der Waals surface area contributed by atoms with Crippen LogP contribution >= 0.6 is 0 Å². The van der Waals surface area contributed by atoms with Gasteiger partial charge in [0.15, 0.2) is 16.6 Å². The zero-order valence-corrected chi connectivity index (χ0v) is 28.6. The molecule has 3 rings (SSSR count). The van der Waals surface area contributed by atoms with Gasteiger partial charge in [0.1, 0.15) is 12.3 Å². The molecule has 1 aromatic heterocycles. The summed E-state index contributed by atoms with van der Waals surface area (Å²) in [4.78, 5) is 28.0. The van der Waals surface area contributed by atoms with Crippen molar-refractivity contribution in [2.24, 2.45) is 0 Å². The lowest BCUT2D eigenvalue weighted by Gasteiger charge is -2.40. The zero-order chi connectivity index (χ0) is 30.6. The van der Waals surface area contributed by atoms with Crippen LogP contribution in [0.1, 0.15) is 65.3 Å². The Labute approximate surface area is 247 Å². The van der Waals surface area contributed by atoms with Gasteiger partial charge in [-0.05, 0) is 41.8 Å². The van der Waals surface area contributed by atoms with Gasteiger partial charge in [-0.25, -0.2) is 4.79 Å². The van der Waals surface area contributed by atoms with E-state index < -0.39 is 34.1 Å². The maximum absolute atomic E-state index is 12.9. The minimum absolute atomic E-state index is 0.0181. The lowest BCUT2D eigenvalue weighted by atomic mass is 10.2. The normalized spacial score (nSPS) is 20.7. The van der Waals surface area contributed by atoms with Crippen LogP contribution < -0.4 is 11.2 Å². The molecule has 1 aliphatic heterocycles. The Kier molecular flexibility index (Phi) is 10.6. The van der Waals surface area contributed by atoms with Crippen molar-refractivity contribution in [1.29, 1.82) is 0 Å².